The van der Waals surface area contributed by atoms with E-state index in [-0.39, 0.29) is 5.60 Å². The van der Waals surface area contributed by atoms with Crippen LogP contribution in [0.25, 0.3) is 0 Å². The van der Waals surface area contributed by atoms with Crippen molar-refractivity contribution in [2.24, 2.45) is 0 Å². The van der Waals surface area contributed by atoms with E-state index in [1.165, 1.54) is 25.7 Å². The van der Waals surface area contributed by atoms with Gasteiger partial charge in [-0.15, -0.1) is 0 Å². The van der Waals surface area contributed by atoms with E-state index in [9.17, 15) is 5.21 Å². The first-order valence-electron chi connectivity index (χ1n) is 6.38. The van der Waals surface area contributed by atoms with Crippen molar-refractivity contribution in [2.45, 2.75) is 58.0 Å². The Kier molecular flexibility index (Phi) is 5.58. The number of quaternary nitrogens is 1. The highest BCUT2D eigenvalue weighted by molar-refractivity contribution is 4.81. The second-order valence-electron chi connectivity index (χ2n) is 4.70. The van der Waals surface area contributed by atoms with Gasteiger partial charge >= 0.3 is 0 Å². The second kappa shape index (κ2) is 6.46. The number of hydrogen-bond acceptors (Lipinski definition) is 2. The summed E-state index contributed by atoms with van der Waals surface area (Å²) < 4.78 is 5.92. The van der Waals surface area contributed by atoms with E-state index in [2.05, 4.69) is 13.8 Å². The first-order chi connectivity index (χ1) is 7.22. The third-order valence-electron chi connectivity index (χ3n) is 3.28. The van der Waals surface area contributed by atoms with Gasteiger partial charge in [0, 0.05) is 0 Å². The zero-order chi connectivity index (χ0) is 11.1. The maximum Gasteiger partial charge on any atom is 0.117 e. The first kappa shape index (κ1) is 12.9. The fourth-order valence-electron chi connectivity index (χ4n) is 2.32. The van der Waals surface area contributed by atoms with E-state index >= 15 is 0 Å². The van der Waals surface area contributed by atoms with Crippen molar-refractivity contribution in [3.63, 3.8) is 0 Å². The molecular formula is C12H25NO2. The first-order valence-corrected chi connectivity index (χ1v) is 6.38. The number of nitrogens with one attached hydrogen (secondary N) is 1. The quantitative estimate of drug-likeness (QED) is 0.682. The summed E-state index contributed by atoms with van der Waals surface area (Å²) in [6, 6.07) is 0. The SMILES string of the molecule is CCCCC1(CCCC)C[NH+]([O-])CCO1. The summed E-state index contributed by atoms with van der Waals surface area (Å²) in [5, 5.41) is 11.9. The van der Waals surface area contributed by atoms with Crippen molar-refractivity contribution >= 4 is 0 Å². The van der Waals surface area contributed by atoms with Crippen molar-refractivity contribution in [1.29, 1.82) is 0 Å². The Balaban J connectivity index is 2.49. The highest BCUT2D eigenvalue weighted by Crippen LogP contribution is 2.25. The Morgan fingerprint density at radius 1 is 1.20 bits per heavy atom. The summed E-state index contributed by atoms with van der Waals surface area (Å²) in [5.74, 6) is 0. The average molecular weight is 215 g/mol. The van der Waals surface area contributed by atoms with Gasteiger partial charge in [0.25, 0.3) is 0 Å². The minimum absolute atomic E-state index is 0.0959. The Hall–Kier alpha value is -0.120. The molecule has 1 atom stereocenters. The molecule has 0 amide bonds. The van der Waals surface area contributed by atoms with Crippen LogP contribution in [-0.4, -0.2) is 25.3 Å². The fraction of sp³-hybridized carbons (Fsp3) is 1.00. The third-order valence-corrected chi connectivity index (χ3v) is 3.28. The molecule has 0 aliphatic carbocycles. The molecule has 0 saturated carbocycles. The molecule has 1 heterocycles. The van der Waals surface area contributed by atoms with Crippen LogP contribution in [-0.2, 0) is 4.74 Å². The lowest BCUT2D eigenvalue weighted by molar-refractivity contribution is -0.867. The molecule has 90 valence electrons. The van der Waals surface area contributed by atoms with Crippen molar-refractivity contribution in [3.8, 4) is 0 Å². The Morgan fingerprint density at radius 3 is 2.27 bits per heavy atom. The summed E-state index contributed by atoms with van der Waals surface area (Å²) in [6.07, 6.45) is 6.86. The van der Waals surface area contributed by atoms with E-state index in [1.54, 1.807) is 0 Å². The molecule has 1 aliphatic rings. The van der Waals surface area contributed by atoms with Gasteiger partial charge in [-0.3, -0.25) is 0 Å². The Bertz CT molecular complexity index is 165. The van der Waals surface area contributed by atoms with Crippen LogP contribution in [0.1, 0.15) is 52.4 Å². The van der Waals surface area contributed by atoms with Gasteiger partial charge in [0.05, 0.1) is 6.61 Å². The van der Waals surface area contributed by atoms with Crippen LogP contribution in [0.15, 0.2) is 0 Å². The van der Waals surface area contributed by atoms with Crippen LogP contribution < -0.4 is 5.06 Å². The Labute approximate surface area is 93.4 Å². The largest absolute Gasteiger partial charge is 0.634 e. The molecule has 1 aliphatic heterocycles. The van der Waals surface area contributed by atoms with Crippen LogP contribution in [0.4, 0.5) is 0 Å². The fourth-order valence-corrected chi connectivity index (χ4v) is 2.32. The molecule has 0 radical (unpaired) electrons. The monoisotopic (exact) mass is 215 g/mol. The number of ether oxygens (including phenoxy) is 1. The molecule has 0 aromatic heterocycles. The maximum atomic E-state index is 11.5. The molecule has 15 heavy (non-hydrogen) atoms. The van der Waals surface area contributed by atoms with Crippen LogP contribution in [0.3, 0.4) is 0 Å². The summed E-state index contributed by atoms with van der Waals surface area (Å²) >= 11 is 0. The summed E-state index contributed by atoms with van der Waals surface area (Å²) in [7, 11) is 0. The van der Waals surface area contributed by atoms with Gasteiger partial charge in [-0.2, -0.15) is 0 Å². The minimum atomic E-state index is -0.0959. The average Bonchev–Trinajstić information content (AvgIpc) is 2.24. The normalized spacial score (nSPS) is 25.4. The number of hydrogen-bond donors (Lipinski definition) is 1. The molecule has 1 fully saturated rings. The second-order valence-corrected chi connectivity index (χ2v) is 4.70. The summed E-state index contributed by atoms with van der Waals surface area (Å²) in [6.45, 7) is 6.32. The molecule has 0 bridgehead atoms. The van der Waals surface area contributed by atoms with E-state index in [1.807, 2.05) is 0 Å². The lowest BCUT2D eigenvalue weighted by atomic mass is 9.89. The maximum absolute atomic E-state index is 11.5. The van der Waals surface area contributed by atoms with Gasteiger partial charge in [0.2, 0.25) is 0 Å². The van der Waals surface area contributed by atoms with Crippen molar-refractivity contribution in [1.82, 2.24) is 0 Å². The molecule has 1 rings (SSSR count). The molecule has 3 heteroatoms. The lowest BCUT2D eigenvalue weighted by Gasteiger charge is -2.42. The van der Waals surface area contributed by atoms with Gasteiger partial charge < -0.3 is 15.0 Å². The van der Waals surface area contributed by atoms with Crippen LogP contribution >= 0.6 is 0 Å². The van der Waals surface area contributed by atoms with Gasteiger partial charge in [0.15, 0.2) is 0 Å². The number of morpholine rings is 1. The molecular weight excluding hydrogens is 190 g/mol. The molecule has 0 spiro atoms. The topological polar surface area (TPSA) is 36.7 Å². The zero-order valence-electron chi connectivity index (χ0n) is 10.2. The lowest BCUT2D eigenvalue weighted by Crippen LogP contribution is -3.11. The highest BCUT2D eigenvalue weighted by atomic mass is 16.5. The highest BCUT2D eigenvalue weighted by Gasteiger charge is 2.35. The minimum Gasteiger partial charge on any atom is -0.634 e. The predicted molar refractivity (Wildman–Crippen MR) is 61.8 cm³/mol. The predicted octanol–water partition coefficient (Wildman–Crippen LogP) is 1.52. The van der Waals surface area contributed by atoms with Gasteiger partial charge in [-0.1, -0.05) is 39.5 Å². The van der Waals surface area contributed by atoms with E-state index < -0.39 is 0 Å². The van der Waals surface area contributed by atoms with E-state index in [0.717, 1.165) is 12.8 Å². The van der Waals surface area contributed by atoms with Crippen molar-refractivity contribution in [2.75, 3.05) is 19.7 Å². The van der Waals surface area contributed by atoms with Crippen molar-refractivity contribution in [3.05, 3.63) is 5.21 Å². The van der Waals surface area contributed by atoms with Crippen LogP contribution in [0.2, 0.25) is 0 Å². The van der Waals surface area contributed by atoms with Crippen LogP contribution in [0.5, 0.6) is 0 Å². The van der Waals surface area contributed by atoms with Crippen LogP contribution in [0, 0.1) is 5.21 Å². The third kappa shape index (κ3) is 4.09. The number of hydroxylamine groups is 2. The van der Waals surface area contributed by atoms with Gasteiger partial charge in [-0.25, -0.2) is 0 Å². The molecule has 1 saturated heterocycles. The van der Waals surface area contributed by atoms with Gasteiger partial charge in [0.1, 0.15) is 18.7 Å². The molecule has 0 aromatic rings. The van der Waals surface area contributed by atoms with E-state index in [4.69, 9.17) is 4.74 Å². The smallest absolute Gasteiger partial charge is 0.117 e. The molecule has 0 aromatic carbocycles. The molecule has 1 N–H and O–H groups in total. The van der Waals surface area contributed by atoms with Crippen molar-refractivity contribution < 1.29 is 9.80 Å². The van der Waals surface area contributed by atoms with E-state index in [0.29, 0.717) is 24.8 Å². The molecule has 3 nitrogen and oxygen atoms in total. The summed E-state index contributed by atoms with van der Waals surface area (Å²) in [4.78, 5) is 0. The molecule has 1 unspecified atom stereocenters. The Morgan fingerprint density at radius 2 is 1.80 bits per heavy atom. The summed E-state index contributed by atoms with van der Waals surface area (Å²) in [5.41, 5.74) is -0.0959. The number of unbranched alkanes of at least 4 members (excludes halogenated alkanes) is 2. The zero-order valence-corrected chi connectivity index (χ0v) is 10.2. The van der Waals surface area contributed by atoms with Gasteiger partial charge in [-0.05, 0) is 12.8 Å². The number of rotatable bonds is 6. The standard InChI is InChI=1S/C12H25NO2/c1-3-5-7-12(8-6-4-2)11-13(14)9-10-15-12/h13H,3-11H2,1-2H3.